The molecule has 0 saturated heterocycles. The minimum atomic E-state index is 0.197. The summed E-state index contributed by atoms with van der Waals surface area (Å²) in [5.74, 6) is 4.11. The Hall–Kier alpha value is -1.33. The Morgan fingerprint density at radius 1 is 1.24 bits per heavy atom. The van der Waals surface area contributed by atoms with Crippen molar-refractivity contribution in [3.63, 3.8) is 0 Å². The first-order valence-electron chi connectivity index (χ1n) is 7.30. The molecule has 0 spiro atoms. The highest BCUT2D eigenvalue weighted by Gasteiger charge is 2.14. The van der Waals surface area contributed by atoms with E-state index in [1.165, 1.54) is 5.56 Å². The van der Waals surface area contributed by atoms with Crippen LogP contribution < -0.4 is 5.32 Å². The Balaban J connectivity index is 1.91. The number of nitrogens with zero attached hydrogens (tertiary/aromatic N) is 2. The minimum Gasteiger partial charge on any atom is -0.339 e. The molecule has 5 heteroatoms. The molecule has 1 aromatic heterocycles. The van der Waals surface area contributed by atoms with Crippen LogP contribution in [0.2, 0.25) is 0 Å². The molecule has 0 aliphatic carbocycles. The van der Waals surface area contributed by atoms with Crippen molar-refractivity contribution in [1.29, 1.82) is 0 Å². The molecule has 21 heavy (non-hydrogen) atoms. The number of rotatable bonds is 8. The van der Waals surface area contributed by atoms with Crippen LogP contribution in [0.25, 0.3) is 0 Å². The summed E-state index contributed by atoms with van der Waals surface area (Å²) in [5.41, 5.74) is 1.23. The highest BCUT2D eigenvalue weighted by atomic mass is 32.2. The number of hydrogen-bond acceptors (Lipinski definition) is 5. The van der Waals surface area contributed by atoms with Gasteiger partial charge in [-0.15, -0.1) is 0 Å². The molecule has 1 heterocycles. The quantitative estimate of drug-likeness (QED) is 0.809. The second kappa shape index (κ2) is 8.20. The molecule has 0 amide bonds. The molecular formula is C16H23N3OS. The highest BCUT2D eigenvalue weighted by molar-refractivity contribution is 7.98. The van der Waals surface area contributed by atoms with Crippen LogP contribution in [-0.4, -0.2) is 22.9 Å². The van der Waals surface area contributed by atoms with Gasteiger partial charge in [0, 0.05) is 12.5 Å². The van der Waals surface area contributed by atoms with Gasteiger partial charge in [0.05, 0.1) is 5.75 Å². The molecule has 2 rings (SSSR count). The zero-order chi connectivity index (χ0) is 15.1. The number of nitrogens with one attached hydrogen (secondary N) is 1. The van der Waals surface area contributed by atoms with Gasteiger partial charge in [-0.3, -0.25) is 0 Å². The Morgan fingerprint density at radius 3 is 2.67 bits per heavy atom. The number of benzene rings is 1. The fourth-order valence-corrected chi connectivity index (χ4v) is 2.95. The number of likely N-dealkylation sites (N-methyl/N-ethyl adjacent to an activating group) is 1. The van der Waals surface area contributed by atoms with Gasteiger partial charge in [-0.2, -0.15) is 16.7 Å². The normalized spacial score (nSPS) is 12.8. The predicted octanol–water partition coefficient (Wildman–Crippen LogP) is 3.46. The monoisotopic (exact) mass is 305 g/mol. The van der Waals surface area contributed by atoms with Crippen molar-refractivity contribution in [2.45, 2.75) is 32.1 Å². The van der Waals surface area contributed by atoms with Crippen LogP contribution in [0.1, 0.15) is 37.2 Å². The van der Waals surface area contributed by atoms with Gasteiger partial charge in [0.2, 0.25) is 5.89 Å². The summed E-state index contributed by atoms with van der Waals surface area (Å²) in [6.07, 6.45) is 0.711. The van der Waals surface area contributed by atoms with Gasteiger partial charge in [-0.25, -0.2) is 0 Å². The molecule has 4 nitrogen and oxygen atoms in total. The summed E-state index contributed by atoms with van der Waals surface area (Å²) in [7, 11) is 1.95. The van der Waals surface area contributed by atoms with Gasteiger partial charge >= 0.3 is 0 Å². The smallest absolute Gasteiger partial charge is 0.228 e. The number of thioether (sulfide) groups is 1. The molecule has 1 unspecified atom stereocenters. The van der Waals surface area contributed by atoms with Gasteiger partial charge in [0.15, 0.2) is 5.82 Å². The maximum atomic E-state index is 5.36. The van der Waals surface area contributed by atoms with Crippen LogP contribution in [0.4, 0.5) is 0 Å². The third kappa shape index (κ3) is 5.17. The zero-order valence-electron chi connectivity index (χ0n) is 12.9. The summed E-state index contributed by atoms with van der Waals surface area (Å²) in [6, 6.07) is 10.5. The molecule has 1 atom stereocenters. The van der Waals surface area contributed by atoms with Crippen molar-refractivity contribution in [1.82, 2.24) is 15.5 Å². The van der Waals surface area contributed by atoms with Crippen LogP contribution >= 0.6 is 11.8 Å². The Bertz CT molecular complexity index is 527. The fourth-order valence-electron chi connectivity index (χ4n) is 2.06. The van der Waals surface area contributed by atoms with Crippen molar-refractivity contribution < 1.29 is 4.52 Å². The Morgan fingerprint density at radius 2 is 2.00 bits per heavy atom. The van der Waals surface area contributed by atoms with Gasteiger partial charge < -0.3 is 9.84 Å². The lowest BCUT2D eigenvalue weighted by Gasteiger charge is -2.13. The summed E-state index contributed by atoms with van der Waals surface area (Å²) in [5, 5.41) is 7.36. The molecule has 0 radical (unpaired) electrons. The first-order chi connectivity index (χ1) is 10.2. The molecule has 1 aromatic carbocycles. The van der Waals surface area contributed by atoms with Crippen molar-refractivity contribution >= 4 is 11.8 Å². The second-order valence-corrected chi connectivity index (χ2v) is 6.50. The Kier molecular flexibility index (Phi) is 6.26. The maximum absolute atomic E-state index is 5.36. The van der Waals surface area contributed by atoms with Gasteiger partial charge in [-0.1, -0.05) is 49.3 Å². The first-order valence-corrected chi connectivity index (χ1v) is 8.46. The number of hydrogen-bond donors (Lipinski definition) is 1. The first kappa shape index (κ1) is 16.0. The van der Waals surface area contributed by atoms with E-state index in [1.54, 1.807) is 0 Å². The van der Waals surface area contributed by atoms with Crippen molar-refractivity contribution in [2.24, 2.45) is 5.92 Å². The maximum Gasteiger partial charge on any atom is 0.228 e. The summed E-state index contributed by atoms with van der Waals surface area (Å²) < 4.78 is 5.36. The molecule has 0 fully saturated rings. The molecule has 0 aliphatic heterocycles. The lowest BCUT2D eigenvalue weighted by atomic mass is 10.0. The van der Waals surface area contributed by atoms with E-state index in [2.05, 4.69) is 41.4 Å². The molecule has 2 aromatic rings. The third-order valence-corrected chi connectivity index (χ3v) is 4.49. The van der Waals surface area contributed by atoms with Gasteiger partial charge in [0.25, 0.3) is 0 Å². The number of aromatic nitrogens is 2. The lowest BCUT2D eigenvalue weighted by Crippen LogP contribution is -2.18. The van der Waals surface area contributed by atoms with Gasteiger partial charge in [-0.05, 0) is 24.3 Å². The van der Waals surface area contributed by atoms with Crippen molar-refractivity contribution in [3.05, 3.63) is 47.6 Å². The fraction of sp³-hybridized carbons (Fsp3) is 0.500. The van der Waals surface area contributed by atoms with E-state index in [1.807, 2.05) is 37.0 Å². The van der Waals surface area contributed by atoms with Crippen LogP contribution in [-0.2, 0) is 12.2 Å². The third-order valence-electron chi connectivity index (χ3n) is 3.12. The molecule has 114 valence electrons. The van der Waals surface area contributed by atoms with Crippen LogP contribution in [0.3, 0.4) is 0 Å². The van der Waals surface area contributed by atoms with Crippen molar-refractivity contribution in [2.75, 3.05) is 12.8 Å². The molecule has 0 bridgehead atoms. The summed E-state index contributed by atoms with van der Waals surface area (Å²) >= 11 is 1.85. The Labute approximate surface area is 130 Å². The average Bonchev–Trinajstić information content (AvgIpc) is 2.93. The van der Waals surface area contributed by atoms with Crippen LogP contribution in [0.15, 0.2) is 34.9 Å². The molecule has 1 N–H and O–H groups in total. The largest absolute Gasteiger partial charge is 0.339 e. The highest BCUT2D eigenvalue weighted by Crippen LogP contribution is 2.18. The molecule has 0 aliphatic rings. The van der Waals surface area contributed by atoms with E-state index in [0.717, 1.165) is 17.3 Å². The van der Waals surface area contributed by atoms with E-state index in [9.17, 15) is 0 Å². The van der Waals surface area contributed by atoms with E-state index in [4.69, 9.17) is 4.52 Å². The summed E-state index contributed by atoms with van der Waals surface area (Å²) in [4.78, 5) is 4.48. The van der Waals surface area contributed by atoms with E-state index in [-0.39, 0.29) is 6.04 Å². The lowest BCUT2D eigenvalue weighted by molar-refractivity contribution is 0.359. The molecule has 0 saturated carbocycles. The predicted molar refractivity (Wildman–Crippen MR) is 87.2 cm³/mol. The van der Waals surface area contributed by atoms with Crippen LogP contribution in [0.5, 0.6) is 0 Å². The zero-order valence-corrected chi connectivity index (χ0v) is 13.7. The average molecular weight is 305 g/mol. The van der Waals surface area contributed by atoms with E-state index in [0.29, 0.717) is 18.2 Å². The molecular weight excluding hydrogens is 282 g/mol. The van der Waals surface area contributed by atoms with E-state index < -0.39 is 0 Å². The topological polar surface area (TPSA) is 51.0 Å². The van der Waals surface area contributed by atoms with Crippen molar-refractivity contribution in [3.8, 4) is 0 Å². The standard InChI is InChI=1S/C16H23N3OS/c1-12(2)10-21-11-15-18-16(20-19-15)9-14(17-3)13-7-5-4-6-8-13/h4-8,12,14,17H,9-11H2,1-3H3. The van der Waals surface area contributed by atoms with E-state index >= 15 is 0 Å². The summed E-state index contributed by atoms with van der Waals surface area (Å²) in [6.45, 7) is 4.43. The van der Waals surface area contributed by atoms with Crippen LogP contribution in [0, 0.1) is 5.92 Å². The second-order valence-electron chi connectivity index (χ2n) is 5.47. The SMILES string of the molecule is CNC(Cc1nc(CSCC(C)C)no1)c1ccccc1. The van der Waals surface area contributed by atoms with Gasteiger partial charge in [0.1, 0.15) is 0 Å². The minimum absolute atomic E-state index is 0.197.